The Morgan fingerprint density at radius 2 is 2.26 bits per heavy atom. The molecule has 0 aromatic carbocycles. The number of hydrogen-bond acceptors (Lipinski definition) is 3. The van der Waals surface area contributed by atoms with Crippen molar-refractivity contribution in [1.82, 2.24) is 15.2 Å². The van der Waals surface area contributed by atoms with Gasteiger partial charge in [0, 0.05) is 38.9 Å². The van der Waals surface area contributed by atoms with E-state index >= 15 is 0 Å². The Hall–Kier alpha value is -1.05. The Kier molecular flexibility index (Phi) is 6.50. The van der Waals surface area contributed by atoms with Crippen molar-refractivity contribution in [2.75, 3.05) is 26.7 Å². The Morgan fingerprint density at radius 3 is 2.87 bits per heavy atom. The maximum absolute atomic E-state index is 5.45. The average Bonchev–Trinajstić information content (AvgIpc) is 2.94. The fourth-order valence-corrected chi connectivity index (χ4v) is 3.50. The minimum atomic E-state index is 0. The molecule has 128 valence electrons. The number of nitrogens with one attached hydrogen (secondary N) is 1. The highest BCUT2D eigenvalue weighted by molar-refractivity contribution is 14.0. The number of aliphatic imine (C=N–C) groups is 1. The van der Waals surface area contributed by atoms with Gasteiger partial charge in [0.25, 0.3) is 0 Å². The molecule has 2 aliphatic rings. The van der Waals surface area contributed by atoms with Crippen LogP contribution in [0.15, 0.2) is 23.3 Å². The number of rotatable bonds is 4. The third-order valence-electron chi connectivity index (χ3n) is 4.91. The summed E-state index contributed by atoms with van der Waals surface area (Å²) in [5.74, 6) is 1.70. The van der Waals surface area contributed by atoms with Crippen LogP contribution in [0.3, 0.4) is 0 Å². The highest BCUT2D eigenvalue weighted by Crippen LogP contribution is 2.47. The summed E-state index contributed by atoms with van der Waals surface area (Å²) >= 11 is 0. The molecule has 1 saturated carbocycles. The van der Waals surface area contributed by atoms with Crippen LogP contribution in [0, 0.1) is 5.41 Å². The molecule has 2 heterocycles. The van der Waals surface area contributed by atoms with E-state index in [1.165, 1.54) is 25.7 Å². The molecule has 1 aliphatic heterocycles. The van der Waals surface area contributed by atoms with E-state index in [2.05, 4.69) is 20.2 Å². The molecule has 1 N–H and O–H groups in total. The van der Waals surface area contributed by atoms with E-state index in [1.807, 2.05) is 26.1 Å². The SMILES string of the molecule is CCOc1cc(CNC(=NC)N2CCC3(CCC3)C2)ccn1.I. The molecule has 1 saturated heterocycles. The number of nitrogens with zero attached hydrogens (tertiary/aromatic N) is 3. The van der Waals surface area contributed by atoms with Crippen LogP contribution in [0.1, 0.15) is 38.2 Å². The molecule has 3 rings (SSSR count). The predicted octanol–water partition coefficient (Wildman–Crippen LogP) is 3.05. The molecule has 23 heavy (non-hydrogen) atoms. The molecular weight excluding hydrogens is 403 g/mol. The zero-order valence-corrected chi connectivity index (χ0v) is 16.4. The number of halogens is 1. The first-order valence-electron chi connectivity index (χ1n) is 8.28. The van der Waals surface area contributed by atoms with Gasteiger partial charge in [-0.05, 0) is 43.2 Å². The van der Waals surface area contributed by atoms with Crippen molar-refractivity contribution in [1.29, 1.82) is 0 Å². The van der Waals surface area contributed by atoms with Crippen molar-refractivity contribution in [2.45, 2.75) is 39.2 Å². The summed E-state index contributed by atoms with van der Waals surface area (Å²) in [6, 6.07) is 4.00. The number of pyridine rings is 1. The van der Waals surface area contributed by atoms with Crippen LogP contribution in [-0.2, 0) is 6.54 Å². The molecule has 5 nitrogen and oxygen atoms in total. The van der Waals surface area contributed by atoms with Crippen molar-refractivity contribution in [3.05, 3.63) is 23.9 Å². The van der Waals surface area contributed by atoms with Crippen molar-refractivity contribution in [3.63, 3.8) is 0 Å². The lowest BCUT2D eigenvalue weighted by Gasteiger charge is -2.38. The van der Waals surface area contributed by atoms with Crippen LogP contribution in [0.25, 0.3) is 0 Å². The summed E-state index contributed by atoms with van der Waals surface area (Å²) in [7, 11) is 1.87. The Bertz CT molecular complexity index is 545. The van der Waals surface area contributed by atoms with Crippen LogP contribution in [-0.4, -0.2) is 42.6 Å². The van der Waals surface area contributed by atoms with E-state index in [4.69, 9.17) is 4.74 Å². The standard InChI is InChI=1S/C17H26N4O.HI/c1-3-22-15-11-14(5-9-19-15)12-20-16(18-2)21-10-8-17(13-21)6-4-7-17;/h5,9,11H,3-4,6-8,10,12-13H2,1-2H3,(H,18,20);1H. The number of aromatic nitrogens is 1. The number of likely N-dealkylation sites (tertiary alicyclic amines) is 1. The van der Waals surface area contributed by atoms with Gasteiger partial charge in [0.1, 0.15) is 0 Å². The minimum absolute atomic E-state index is 0. The van der Waals surface area contributed by atoms with Crippen LogP contribution in [0.2, 0.25) is 0 Å². The largest absolute Gasteiger partial charge is 0.478 e. The molecule has 1 aliphatic carbocycles. The molecule has 0 bridgehead atoms. The zero-order valence-electron chi connectivity index (χ0n) is 14.0. The fourth-order valence-electron chi connectivity index (χ4n) is 3.50. The summed E-state index contributed by atoms with van der Waals surface area (Å²) in [5, 5.41) is 3.48. The molecule has 1 aromatic heterocycles. The first kappa shape index (κ1) is 18.3. The molecule has 0 radical (unpaired) electrons. The summed E-state index contributed by atoms with van der Waals surface area (Å²) in [4.78, 5) is 11.1. The second kappa shape index (κ2) is 8.17. The normalized spacial score (nSPS) is 19.2. The van der Waals surface area contributed by atoms with Gasteiger partial charge in [0.15, 0.2) is 5.96 Å². The lowest BCUT2D eigenvalue weighted by atomic mass is 9.68. The topological polar surface area (TPSA) is 49.8 Å². The maximum atomic E-state index is 5.45. The number of hydrogen-bond donors (Lipinski definition) is 1. The van der Waals surface area contributed by atoms with Crippen molar-refractivity contribution in [3.8, 4) is 5.88 Å². The summed E-state index contributed by atoms with van der Waals surface area (Å²) < 4.78 is 5.45. The van der Waals surface area contributed by atoms with Gasteiger partial charge in [-0.3, -0.25) is 4.99 Å². The van der Waals surface area contributed by atoms with Gasteiger partial charge in [0.05, 0.1) is 6.61 Å². The smallest absolute Gasteiger partial charge is 0.213 e. The van der Waals surface area contributed by atoms with Gasteiger partial charge in [-0.1, -0.05) is 6.42 Å². The van der Waals surface area contributed by atoms with Gasteiger partial charge >= 0.3 is 0 Å². The molecular formula is C17H27IN4O. The van der Waals surface area contributed by atoms with Gasteiger partial charge < -0.3 is 15.0 Å². The zero-order chi connectivity index (χ0) is 15.4. The highest BCUT2D eigenvalue weighted by atomic mass is 127. The van der Waals surface area contributed by atoms with E-state index < -0.39 is 0 Å². The van der Waals surface area contributed by atoms with Crippen LogP contribution >= 0.6 is 24.0 Å². The van der Waals surface area contributed by atoms with Crippen molar-refractivity contribution < 1.29 is 4.74 Å². The van der Waals surface area contributed by atoms with E-state index in [0.717, 1.165) is 31.2 Å². The molecule has 0 atom stereocenters. The third-order valence-corrected chi connectivity index (χ3v) is 4.91. The Labute approximate surface area is 155 Å². The highest BCUT2D eigenvalue weighted by Gasteiger charge is 2.43. The van der Waals surface area contributed by atoms with E-state index in [-0.39, 0.29) is 24.0 Å². The van der Waals surface area contributed by atoms with E-state index in [1.54, 1.807) is 6.20 Å². The average molecular weight is 430 g/mol. The Morgan fingerprint density at radius 1 is 1.43 bits per heavy atom. The predicted molar refractivity (Wildman–Crippen MR) is 103 cm³/mol. The van der Waals surface area contributed by atoms with Crippen molar-refractivity contribution in [2.24, 2.45) is 10.4 Å². The lowest BCUT2D eigenvalue weighted by Crippen LogP contribution is -2.42. The van der Waals surface area contributed by atoms with Gasteiger partial charge in [-0.15, -0.1) is 24.0 Å². The first-order chi connectivity index (χ1) is 10.7. The van der Waals surface area contributed by atoms with Gasteiger partial charge in [-0.2, -0.15) is 0 Å². The molecule has 6 heteroatoms. The fraction of sp³-hybridized carbons (Fsp3) is 0.647. The molecule has 1 aromatic rings. The quantitative estimate of drug-likeness (QED) is 0.453. The van der Waals surface area contributed by atoms with Crippen molar-refractivity contribution >= 4 is 29.9 Å². The number of guanidine groups is 1. The molecule has 1 spiro atoms. The van der Waals surface area contributed by atoms with E-state index in [9.17, 15) is 0 Å². The van der Waals surface area contributed by atoms with Crippen LogP contribution in [0.4, 0.5) is 0 Å². The summed E-state index contributed by atoms with van der Waals surface area (Å²) in [6.07, 6.45) is 7.30. The molecule has 2 fully saturated rings. The van der Waals surface area contributed by atoms with E-state index in [0.29, 0.717) is 17.9 Å². The third kappa shape index (κ3) is 4.28. The monoisotopic (exact) mass is 430 g/mol. The maximum Gasteiger partial charge on any atom is 0.213 e. The minimum Gasteiger partial charge on any atom is -0.478 e. The second-order valence-electron chi connectivity index (χ2n) is 6.36. The van der Waals surface area contributed by atoms with Crippen LogP contribution in [0.5, 0.6) is 5.88 Å². The lowest BCUT2D eigenvalue weighted by molar-refractivity contribution is 0.151. The second-order valence-corrected chi connectivity index (χ2v) is 6.36. The van der Waals surface area contributed by atoms with Gasteiger partial charge in [-0.25, -0.2) is 4.98 Å². The van der Waals surface area contributed by atoms with Crippen LogP contribution < -0.4 is 10.1 Å². The number of ether oxygens (including phenoxy) is 1. The summed E-state index contributed by atoms with van der Waals surface area (Å²) in [5.41, 5.74) is 1.76. The summed E-state index contributed by atoms with van der Waals surface area (Å²) in [6.45, 7) is 5.64. The molecule has 0 amide bonds. The van der Waals surface area contributed by atoms with Gasteiger partial charge in [0.2, 0.25) is 5.88 Å². The first-order valence-corrected chi connectivity index (χ1v) is 8.28. The Balaban J connectivity index is 0.00000192. The molecule has 0 unspecified atom stereocenters.